The number of carbonyl (C=O) groups is 2. The largest absolute Gasteiger partial charge is 0.478 e. The number of hydrogen-bond acceptors (Lipinski definition) is 4. The van der Waals surface area contributed by atoms with Crippen molar-refractivity contribution in [3.63, 3.8) is 0 Å². The number of carboxylic acids is 1. The maximum absolute atomic E-state index is 13.5. The molecule has 27 heavy (non-hydrogen) atoms. The lowest BCUT2D eigenvalue weighted by atomic mass is 10.1. The van der Waals surface area contributed by atoms with E-state index in [2.05, 4.69) is 21.2 Å². The highest BCUT2D eigenvalue weighted by Crippen LogP contribution is 2.41. The fourth-order valence-corrected chi connectivity index (χ4v) is 3.33. The number of amides is 1. The molecule has 10 heteroatoms. The van der Waals surface area contributed by atoms with Crippen LogP contribution in [0.1, 0.15) is 43.1 Å². The number of ether oxygens (including phenoxy) is 1. The second-order valence-corrected chi connectivity index (χ2v) is 8.15. The van der Waals surface area contributed by atoms with Gasteiger partial charge in [-0.2, -0.15) is 13.2 Å². The highest BCUT2D eigenvalue weighted by molar-refractivity contribution is 9.10. The van der Waals surface area contributed by atoms with E-state index in [4.69, 9.17) is 4.74 Å². The number of nitrogens with zero attached hydrogens (tertiary/aromatic N) is 1. The van der Waals surface area contributed by atoms with Crippen molar-refractivity contribution in [1.29, 1.82) is 0 Å². The van der Waals surface area contributed by atoms with Gasteiger partial charge in [-0.15, -0.1) is 0 Å². The van der Waals surface area contributed by atoms with Crippen molar-refractivity contribution < 1.29 is 32.6 Å². The molecule has 0 saturated carbocycles. The van der Waals surface area contributed by atoms with Crippen molar-refractivity contribution in [2.24, 2.45) is 0 Å². The van der Waals surface area contributed by atoms with Gasteiger partial charge in [0, 0.05) is 17.6 Å². The summed E-state index contributed by atoms with van der Waals surface area (Å²) in [5.74, 6) is -1.46. The van der Waals surface area contributed by atoms with Crippen LogP contribution < -0.4 is 10.2 Å². The van der Waals surface area contributed by atoms with E-state index in [0.29, 0.717) is 6.42 Å². The van der Waals surface area contributed by atoms with Crippen LogP contribution >= 0.6 is 15.9 Å². The molecule has 2 rings (SSSR count). The summed E-state index contributed by atoms with van der Waals surface area (Å²) in [4.78, 5) is 24.7. The molecule has 1 aliphatic rings. The molecular weight excluding hydrogens is 433 g/mol. The third-order valence-electron chi connectivity index (χ3n) is 3.84. The highest BCUT2D eigenvalue weighted by Gasteiger charge is 2.39. The number of rotatable bonds is 3. The van der Waals surface area contributed by atoms with Crippen LogP contribution in [0.15, 0.2) is 16.6 Å². The summed E-state index contributed by atoms with van der Waals surface area (Å²) in [5.41, 5.74) is -2.58. The zero-order valence-corrected chi connectivity index (χ0v) is 16.6. The molecule has 0 aromatic heterocycles. The average Bonchev–Trinajstić information content (AvgIpc) is 2.91. The fraction of sp³-hybridized carbons (Fsp3) is 0.529. The standard InChI is InChI=1S/C17H20BrF3N2O4/c1-16(2,3)27-15(26)22-10-4-5-23(8-10)13-11(14(24)25)6-9(18)7-12(13)17(19,20)21/h6-7,10H,4-5,8H2,1-3H3,(H,22,26)(H,24,25). The average molecular weight is 453 g/mol. The fourth-order valence-electron chi connectivity index (χ4n) is 2.87. The van der Waals surface area contributed by atoms with Gasteiger partial charge in [0.15, 0.2) is 0 Å². The third-order valence-corrected chi connectivity index (χ3v) is 4.29. The molecule has 0 spiro atoms. The number of alkyl halides is 3. The first kappa shape index (κ1) is 21.3. The minimum atomic E-state index is -4.72. The second-order valence-electron chi connectivity index (χ2n) is 7.23. The van der Waals surface area contributed by atoms with Gasteiger partial charge >= 0.3 is 18.2 Å². The van der Waals surface area contributed by atoms with Crippen LogP contribution in [0.5, 0.6) is 0 Å². The molecule has 6 nitrogen and oxygen atoms in total. The molecule has 0 bridgehead atoms. The lowest BCUT2D eigenvalue weighted by molar-refractivity contribution is -0.137. The van der Waals surface area contributed by atoms with Crippen LogP contribution in [0.2, 0.25) is 0 Å². The van der Waals surface area contributed by atoms with Crippen molar-refractivity contribution in [2.45, 2.75) is 45.0 Å². The van der Waals surface area contributed by atoms with Gasteiger partial charge in [-0.1, -0.05) is 15.9 Å². The predicted octanol–water partition coefficient (Wildman–Crippen LogP) is 4.27. The number of nitrogens with one attached hydrogen (secondary N) is 1. The molecule has 1 aromatic carbocycles. The predicted molar refractivity (Wildman–Crippen MR) is 96.1 cm³/mol. The molecule has 0 radical (unpaired) electrons. The summed E-state index contributed by atoms with van der Waals surface area (Å²) in [5, 5.41) is 12.0. The van der Waals surface area contributed by atoms with E-state index in [1.54, 1.807) is 20.8 Å². The molecule has 1 unspecified atom stereocenters. The molecule has 1 saturated heterocycles. The first-order valence-electron chi connectivity index (χ1n) is 8.16. The molecule has 1 atom stereocenters. The molecule has 0 aliphatic carbocycles. The highest BCUT2D eigenvalue weighted by atomic mass is 79.9. The Morgan fingerprint density at radius 1 is 1.30 bits per heavy atom. The first-order valence-corrected chi connectivity index (χ1v) is 8.95. The molecule has 1 amide bonds. The Kier molecular flexibility index (Phi) is 5.98. The summed E-state index contributed by atoms with van der Waals surface area (Å²) in [6.07, 6.45) is -5.02. The van der Waals surface area contributed by atoms with E-state index >= 15 is 0 Å². The van der Waals surface area contributed by atoms with Gasteiger partial charge in [0.05, 0.1) is 22.9 Å². The summed E-state index contributed by atoms with van der Waals surface area (Å²) >= 11 is 2.93. The first-order chi connectivity index (χ1) is 12.3. The van der Waals surface area contributed by atoms with Gasteiger partial charge in [-0.25, -0.2) is 9.59 Å². The van der Waals surface area contributed by atoms with Crippen LogP contribution in [0.4, 0.5) is 23.7 Å². The zero-order chi connectivity index (χ0) is 20.6. The Balaban J connectivity index is 2.29. The van der Waals surface area contributed by atoms with Crippen molar-refractivity contribution in [3.8, 4) is 0 Å². The van der Waals surface area contributed by atoms with E-state index in [9.17, 15) is 27.9 Å². The number of benzene rings is 1. The molecule has 1 aliphatic heterocycles. The number of alkyl carbamates (subject to hydrolysis) is 1. The van der Waals surface area contributed by atoms with E-state index in [-0.39, 0.29) is 17.6 Å². The van der Waals surface area contributed by atoms with E-state index in [1.807, 2.05) is 0 Å². The van der Waals surface area contributed by atoms with Crippen molar-refractivity contribution in [3.05, 3.63) is 27.7 Å². The summed E-state index contributed by atoms with van der Waals surface area (Å²) in [6.45, 7) is 5.31. The molecular formula is C17H20BrF3N2O4. The van der Waals surface area contributed by atoms with Crippen molar-refractivity contribution in [1.82, 2.24) is 5.32 Å². The van der Waals surface area contributed by atoms with Crippen molar-refractivity contribution >= 4 is 33.7 Å². The monoisotopic (exact) mass is 452 g/mol. The summed E-state index contributed by atoms with van der Waals surface area (Å²) in [7, 11) is 0. The van der Waals surface area contributed by atoms with Gasteiger partial charge < -0.3 is 20.1 Å². The maximum atomic E-state index is 13.5. The SMILES string of the molecule is CC(C)(C)OC(=O)NC1CCN(c2c(C(=O)O)cc(Br)cc2C(F)(F)F)C1. The zero-order valence-electron chi connectivity index (χ0n) is 15.0. The Bertz CT molecular complexity index is 747. The van der Waals surface area contributed by atoms with Crippen LogP contribution in [-0.2, 0) is 10.9 Å². The molecule has 1 aromatic rings. The molecule has 1 fully saturated rings. The minimum absolute atomic E-state index is 0.0265. The molecule has 150 valence electrons. The number of hydrogen-bond donors (Lipinski definition) is 2. The number of carbonyl (C=O) groups excluding carboxylic acids is 1. The minimum Gasteiger partial charge on any atom is -0.478 e. The van der Waals surface area contributed by atoms with E-state index in [0.717, 1.165) is 12.1 Å². The lowest BCUT2D eigenvalue weighted by Crippen LogP contribution is -2.40. The van der Waals surface area contributed by atoms with Gasteiger partial charge in [0.2, 0.25) is 0 Å². The number of halogens is 4. The van der Waals surface area contributed by atoms with Crippen LogP contribution in [0.3, 0.4) is 0 Å². The normalized spacial score (nSPS) is 17.7. The number of carboxylic acid groups (broad SMARTS) is 1. The van der Waals surface area contributed by atoms with Crippen LogP contribution in [-0.4, -0.2) is 41.9 Å². The number of aromatic carboxylic acids is 1. The smallest absolute Gasteiger partial charge is 0.418 e. The Morgan fingerprint density at radius 3 is 2.44 bits per heavy atom. The third kappa shape index (κ3) is 5.50. The topological polar surface area (TPSA) is 78.9 Å². The lowest BCUT2D eigenvalue weighted by Gasteiger charge is -2.26. The maximum Gasteiger partial charge on any atom is 0.418 e. The van der Waals surface area contributed by atoms with Crippen LogP contribution in [0, 0.1) is 0 Å². The van der Waals surface area contributed by atoms with Gasteiger partial charge in [-0.05, 0) is 39.3 Å². The Morgan fingerprint density at radius 2 is 1.93 bits per heavy atom. The summed E-state index contributed by atoms with van der Waals surface area (Å²) in [6, 6.07) is 1.55. The Labute approximate surface area is 162 Å². The summed E-state index contributed by atoms with van der Waals surface area (Å²) < 4.78 is 45.6. The molecule has 2 N–H and O–H groups in total. The van der Waals surface area contributed by atoms with Gasteiger partial charge in [0.25, 0.3) is 0 Å². The van der Waals surface area contributed by atoms with E-state index < -0.39 is 46.7 Å². The molecule has 1 heterocycles. The van der Waals surface area contributed by atoms with Crippen molar-refractivity contribution in [2.75, 3.05) is 18.0 Å². The Hall–Kier alpha value is -1.97. The quantitative estimate of drug-likeness (QED) is 0.715. The van der Waals surface area contributed by atoms with Gasteiger partial charge in [0.1, 0.15) is 5.60 Å². The number of anilines is 1. The second kappa shape index (κ2) is 7.57. The van der Waals surface area contributed by atoms with E-state index in [1.165, 1.54) is 4.90 Å². The van der Waals surface area contributed by atoms with Gasteiger partial charge in [-0.3, -0.25) is 0 Å². The van der Waals surface area contributed by atoms with Crippen LogP contribution in [0.25, 0.3) is 0 Å².